The molecule has 2 aliphatic rings. The molecule has 2 aliphatic heterocycles. The van der Waals surface area contributed by atoms with Crippen LogP contribution >= 0.6 is 0 Å². The highest BCUT2D eigenvalue weighted by molar-refractivity contribution is 6.04. The lowest BCUT2D eigenvalue weighted by Crippen LogP contribution is -2.41. The Hall–Kier alpha value is -1.96. The molecule has 0 bridgehead atoms. The van der Waals surface area contributed by atoms with E-state index < -0.39 is 5.97 Å². The monoisotopic (exact) mass is 322 g/mol. The SMILES string of the molecule is C1COCCN1.O=C(O)c1ccccc1C(=O)N1CCOCC1. The molecule has 0 spiro atoms. The molecule has 0 saturated carbocycles. The summed E-state index contributed by atoms with van der Waals surface area (Å²) in [5, 5.41) is 12.2. The van der Waals surface area contributed by atoms with Gasteiger partial charge in [0.15, 0.2) is 0 Å². The van der Waals surface area contributed by atoms with Crippen LogP contribution < -0.4 is 5.32 Å². The van der Waals surface area contributed by atoms with Crippen molar-refractivity contribution < 1.29 is 24.2 Å². The van der Waals surface area contributed by atoms with Gasteiger partial charge in [-0.15, -0.1) is 0 Å². The highest BCUT2D eigenvalue weighted by Crippen LogP contribution is 2.13. The second kappa shape index (κ2) is 9.24. The van der Waals surface area contributed by atoms with Crippen molar-refractivity contribution in [2.75, 3.05) is 52.6 Å². The molecule has 1 amide bonds. The van der Waals surface area contributed by atoms with Gasteiger partial charge in [0.05, 0.1) is 37.6 Å². The minimum atomic E-state index is -1.08. The number of rotatable bonds is 2. The second-order valence-electron chi connectivity index (χ2n) is 5.12. The lowest BCUT2D eigenvalue weighted by molar-refractivity contribution is 0.0300. The van der Waals surface area contributed by atoms with Gasteiger partial charge in [-0.05, 0) is 12.1 Å². The van der Waals surface area contributed by atoms with E-state index in [1.807, 2.05) is 0 Å². The van der Waals surface area contributed by atoms with Crippen molar-refractivity contribution in [3.8, 4) is 0 Å². The van der Waals surface area contributed by atoms with E-state index in [0.29, 0.717) is 26.3 Å². The molecular formula is C16H22N2O5. The molecule has 0 radical (unpaired) electrons. The molecular weight excluding hydrogens is 300 g/mol. The first-order chi connectivity index (χ1) is 11.2. The van der Waals surface area contributed by atoms with Crippen LogP contribution in [0.25, 0.3) is 0 Å². The zero-order valence-electron chi connectivity index (χ0n) is 13.0. The van der Waals surface area contributed by atoms with Crippen LogP contribution in [0.5, 0.6) is 0 Å². The minimum Gasteiger partial charge on any atom is -0.478 e. The Kier molecular flexibility index (Phi) is 6.99. The molecule has 2 saturated heterocycles. The Morgan fingerprint density at radius 3 is 2.00 bits per heavy atom. The zero-order valence-corrected chi connectivity index (χ0v) is 13.0. The lowest BCUT2D eigenvalue weighted by atomic mass is 10.1. The van der Waals surface area contributed by atoms with Crippen molar-refractivity contribution in [2.45, 2.75) is 0 Å². The Morgan fingerprint density at radius 1 is 0.957 bits per heavy atom. The first-order valence-electron chi connectivity index (χ1n) is 7.68. The topological polar surface area (TPSA) is 88.1 Å². The number of morpholine rings is 2. The standard InChI is InChI=1S/C12H13NO4.C4H9NO/c14-11(13-5-7-17-8-6-13)9-3-1-2-4-10(9)12(15)16;1-3-6-4-2-5-1/h1-4H,5-8H2,(H,15,16);5H,1-4H2. The number of carboxylic acids is 1. The van der Waals surface area contributed by atoms with E-state index in [-0.39, 0.29) is 17.0 Å². The third-order valence-corrected chi connectivity index (χ3v) is 3.53. The summed E-state index contributed by atoms with van der Waals surface area (Å²) in [4.78, 5) is 24.8. The predicted molar refractivity (Wildman–Crippen MR) is 83.8 cm³/mol. The number of hydrogen-bond donors (Lipinski definition) is 2. The summed E-state index contributed by atoms with van der Waals surface area (Å²) in [5.41, 5.74) is 0.283. The lowest BCUT2D eigenvalue weighted by Gasteiger charge is -2.27. The van der Waals surface area contributed by atoms with Crippen LogP contribution in [-0.4, -0.2) is 74.5 Å². The summed E-state index contributed by atoms with van der Waals surface area (Å²) in [6.45, 7) is 5.85. The van der Waals surface area contributed by atoms with E-state index in [9.17, 15) is 9.59 Å². The number of hydrogen-bond acceptors (Lipinski definition) is 5. The van der Waals surface area contributed by atoms with Crippen LogP contribution in [0.4, 0.5) is 0 Å². The minimum absolute atomic E-state index is 0.0454. The van der Waals surface area contributed by atoms with Crippen molar-refractivity contribution >= 4 is 11.9 Å². The van der Waals surface area contributed by atoms with Crippen molar-refractivity contribution in [3.05, 3.63) is 35.4 Å². The van der Waals surface area contributed by atoms with Crippen LogP contribution in [0.15, 0.2) is 24.3 Å². The van der Waals surface area contributed by atoms with E-state index in [2.05, 4.69) is 5.32 Å². The van der Waals surface area contributed by atoms with E-state index in [1.165, 1.54) is 6.07 Å². The van der Waals surface area contributed by atoms with Gasteiger partial charge in [0, 0.05) is 26.2 Å². The zero-order chi connectivity index (χ0) is 16.5. The second-order valence-corrected chi connectivity index (χ2v) is 5.12. The molecule has 126 valence electrons. The van der Waals surface area contributed by atoms with Crippen molar-refractivity contribution in [2.24, 2.45) is 0 Å². The summed E-state index contributed by atoms with van der Waals surface area (Å²) in [6.07, 6.45) is 0. The van der Waals surface area contributed by atoms with Gasteiger partial charge in [0.25, 0.3) is 5.91 Å². The molecule has 7 nitrogen and oxygen atoms in total. The quantitative estimate of drug-likeness (QED) is 0.823. The first kappa shape index (κ1) is 17.4. The number of amides is 1. The molecule has 1 aromatic carbocycles. The molecule has 2 heterocycles. The fourth-order valence-electron chi connectivity index (χ4n) is 2.31. The maximum atomic E-state index is 12.1. The number of aromatic carboxylic acids is 1. The average molecular weight is 322 g/mol. The number of carbonyl (C=O) groups excluding carboxylic acids is 1. The first-order valence-corrected chi connectivity index (χ1v) is 7.68. The van der Waals surface area contributed by atoms with Crippen LogP contribution in [0.1, 0.15) is 20.7 Å². The smallest absolute Gasteiger partial charge is 0.336 e. The van der Waals surface area contributed by atoms with E-state index in [0.717, 1.165) is 26.3 Å². The van der Waals surface area contributed by atoms with Gasteiger partial charge in [0.1, 0.15) is 0 Å². The Bertz CT molecular complexity index is 513. The highest BCUT2D eigenvalue weighted by Gasteiger charge is 2.22. The van der Waals surface area contributed by atoms with E-state index in [1.54, 1.807) is 23.1 Å². The van der Waals surface area contributed by atoms with Gasteiger partial charge in [-0.2, -0.15) is 0 Å². The predicted octanol–water partition coefficient (Wildman–Crippen LogP) is 0.463. The van der Waals surface area contributed by atoms with Crippen molar-refractivity contribution in [1.82, 2.24) is 10.2 Å². The highest BCUT2D eigenvalue weighted by atomic mass is 16.5. The maximum absolute atomic E-state index is 12.1. The molecule has 0 aromatic heterocycles. The van der Waals surface area contributed by atoms with Crippen molar-refractivity contribution in [1.29, 1.82) is 0 Å². The molecule has 0 aliphatic carbocycles. The van der Waals surface area contributed by atoms with Crippen LogP contribution in [0, 0.1) is 0 Å². The molecule has 1 aromatic rings. The maximum Gasteiger partial charge on any atom is 0.336 e. The summed E-state index contributed by atoms with van der Waals surface area (Å²) in [6, 6.07) is 6.26. The van der Waals surface area contributed by atoms with Gasteiger partial charge < -0.3 is 24.8 Å². The van der Waals surface area contributed by atoms with Crippen LogP contribution in [-0.2, 0) is 9.47 Å². The number of ether oxygens (including phenoxy) is 2. The van der Waals surface area contributed by atoms with Gasteiger partial charge in [0.2, 0.25) is 0 Å². The Labute approximate surface area is 135 Å². The normalized spacial score (nSPS) is 17.8. The Morgan fingerprint density at radius 2 is 1.52 bits per heavy atom. The number of nitrogens with one attached hydrogen (secondary N) is 1. The van der Waals surface area contributed by atoms with Gasteiger partial charge in [-0.3, -0.25) is 4.79 Å². The average Bonchev–Trinajstić information content (AvgIpc) is 2.64. The van der Waals surface area contributed by atoms with Crippen LogP contribution in [0.3, 0.4) is 0 Å². The molecule has 7 heteroatoms. The molecule has 3 rings (SSSR count). The molecule has 23 heavy (non-hydrogen) atoms. The van der Waals surface area contributed by atoms with Crippen LogP contribution in [0.2, 0.25) is 0 Å². The summed E-state index contributed by atoms with van der Waals surface area (Å²) in [5.74, 6) is -1.33. The molecule has 0 atom stereocenters. The van der Waals surface area contributed by atoms with E-state index >= 15 is 0 Å². The summed E-state index contributed by atoms with van der Waals surface area (Å²) in [7, 11) is 0. The van der Waals surface area contributed by atoms with Gasteiger partial charge in [-0.1, -0.05) is 12.1 Å². The number of carbonyl (C=O) groups is 2. The van der Waals surface area contributed by atoms with Gasteiger partial charge >= 0.3 is 5.97 Å². The molecule has 2 fully saturated rings. The molecule has 0 unspecified atom stereocenters. The molecule has 2 N–H and O–H groups in total. The Balaban J connectivity index is 0.000000268. The fourth-order valence-corrected chi connectivity index (χ4v) is 2.31. The van der Waals surface area contributed by atoms with Crippen molar-refractivity contribution in [3.63, 3.8) is 0 Å². The van der Waals surface area contributed by atoms with E-state index in [4.69, 9.17) is 14.6 Å². The third kappa shape index (κ3) is 5.31. The largest absolute Gasteiger partial charge is 0.478 e. The van der Waals surface area contributed by atoms with Gasteiger partial charge in [-0.25, -0.2) is 4.79 Å². The number of carboxylic acid groups (broad SMARTS) is 1. The number of nitrogens with zero attached hydrogens (tertiary/aromatic N) is 1. The fraction of sp³-hybridized carbons (Fsp3) is 0.500. The summed E-state index contributed by atoms with van der Waals surface area (Å²) < 4.78 is 10.2. The third-order valence-electron chi connectivity index (χ3n) is 3.53. The summed E-state index contributed by atoms with van der Waals surface area (Å²) >= 11 is 0. The number of benzene rings is 1.